The van der Waals surface area contributed by atoms with Crippen LogP contribution in [-0.4, -0.2) is 42.7 Å². The lowest BCUT2D eigenvalue weighted by Crippen LogP contribution is -2.41. The normalized spacial score (nSPS) is 20.0. The van der Waals surface area contributed by atoms with E-state index in [2.05, 4.69) is 44.2 Å². The van der Waals surface area contributed by atoms with E-state index < -0.39 is 0 Å². The molecule has 0 spiro atoms. The molecule has 0 atom stereocenters. The van der Waals surface area contributed by atoms with Gasteiger partial charge in [0, 0.05) is 37.9 Å². The number of primary amides is 1. The zero-order chi connectivity index (χ0) is 24.2. The lowest BCUT2D eigenvalue weighted by molar-refractivity contribution is 0.250. The lowest BCUT2D eigenvalue weighted by atomic mass is 9.85. The number of rotatable bonds is 7. The number of para-hydroxylation sites is 1. The number of nitrogens with one attached hydrogen (secondary N) is 1. The number of amides is 2. The van der Waals surface area contributed by atoms with E-state index in [-0.39, 0.29) is 6.03 Å². The van der Waals surface area contributed by atoms with Gasteiger partial charge in [-0.3, -0.25) is 4.90 Å². The van der Waals surface area contributed by atoms with Gasteiger partial charge in [-0.05, 0) is 74.8 Å². The Kier molecular flexibility index (Phi) is 7.59. The van der Waals surface area contributed by atoms with Crippen molar-refractivity contribution < 1.29 is 4.79 Å². The number of carbonyl (C=O) groups is 1. The molecule has 2 amide bonds. The third-order valence-electron chi connectivity index (χ3n) is 7.32. The Hall–Kier alpha value is -2.83. The molecule has 3 N–H and O–H groups in total. The average molecular weight is 465 g/mol. The van der Waals surface area contributed by atoms with E-state index in [4.69, 9.17) is 15.7 Å². The first-order chi connectivity index (χ1) is 16.3. The number of nitrogens with two attached hydrogens (primary N) is 1. The minimum Gasteiger partial charge on any atom is -0.362 e. The number of anilines is 3. The first kappa shape index (κ1) is 24.3. The van der Waals surface area contributed by atoms with Crippen LogP contribution in [0.4, 0.5) is 22.2 Å². The molecule has 0 unspecified atom stereocenters. The van der Waals surface area contributed by atoms with E-state index >= 15 is 0 Å². The number of hydrogen-bond donors (Lipinski definition) is 2. The topological polar surface area (TPSA) is 87.4 Å². The van der Waals surface area contributed by atoms with Crippen LogP contribution in [0.3, 0.4) is 0 Å². The third kappa shape index (κ3) is 5.45. The van der Waals surface area contributed by atoms with Gasteiger partial charge in [-0.15, -0.1) is 0 Å². The summed E-state index contributed by atoms with van der Waals surface area (Å²) in [5.74, 6) is 2.59. The number of aryl methyl sites for hydroxylation is 1. The molecule has 1 fully saturated rings. The summed E-state index contributed by atoms with van der Waals surface area (Å²) in [6, 6.07) is 8.11. The molecule has 0 saturated heterocycles. The Balaban J connectivity index is 1.40. The van der Waals surface area contributed by atoms with Crippen LogP contribution in [0.5, 0.6) is 0 Å². The minimum absolute atomic E-state index is 0.335. The Morgan fingerprint density at radius 1 is 1.09 bits per heavy atom. The molecular formula is C27H40N6O. The largest absolute Gasteiger partial charge is 0.362 e. The molecule has 1 saturated carbocycles. The second kappa shape index (κ2) is 10.6. The van der Waals surface area contributed by atoms with Crippen molar-refractivity contribution >= 4 is 23.5 Å². The first-order valence-electron chi connectivity index (χ1n) is 12.8. The molecular weight excluding hydrogens is 424 g/mol. The molecule has 2 aliphatic rings. The molecule has 0 radical (unpaired) electrons. The summed E-state index contributed by atoms with van der Waals surface area (Å²) in [6.45, 7) is 4.98. The van der Waals surface area contributed by atoms with Gasteiger partial charge in [0.25, 0.3) is 0 Å². The zero-order valence-corrected chi connectivity index (χ0v) is 21.2. The molecule has 0 bridgehead atoms. The summed E-state index contributed by atoms with van der Waals surface area (Å²) in [4.78, 5) is 26.0. The molecule has 1 heterocycles. The van der Waals surface area contributed by atoms with Crippen molar-refractivity contribution in [2.45, 2.75) is 77.2 Å². The second-order valence-electron chi connectivity index (χ2n) is 10.4. The van der Waals surface area contributed by atoms with Crippen LogP contribution in [0, 0.1) is 5.92 Å². The van der Waals surface area contributed by atoms with Crippen molar-refractivity contribution in [3.05, 3.63) is 41.1 Å². The SMILES string of the molecule is CC(C)c1ccccc1N(C[C@H]1CC[C@@H](Nc2nc3c(c(N(C)C)n2)CCCC3)CC1)C(N)=O. The number of hydrogen-bond acceptors (Lipinski definition) is 5. The highest BCUT2D eigenvalue weighted by Gasteiger charge is 2.27. The average Bonchev–Trinajstić information content (AvgIpc) is 2.82. The maximum Gasteiger partial charge on any atom is 0.319 e. The Morgan fingerprint density at radius 3 is 2.47 bits per heavy atom. The molecule has 7 heteroatoms. The van der Waals surface area contributed by atoms with Gasteiger partial charge in [0.2, 0.25) is 5.95 Å². The minimum atomic E-state index is -0.368. The van der Waals surface area contributed by atoms with E-state index in [0.717, 1.165) is 61.5 Å². The van der Waals surface area contributed by atoms with E-state index in [0.29, 0.717) is 24.4 Å². The van der Waals surface area contributed by atoms with Crippen LogP contribution < -0.4 is 20.9 Å². The summed E-state index contributed by atoms with van der Waals surface area (Å²) >= 11 is 0. The monoisotopic (exact) mass is 464 g/mol. The fourth-order valence-electron chi connectivity index (χ4n) is 5.47. The fourth-order valence-corrected chi connectivity index (χ4v) is 5.47. The molecule has 1 aromatic carbocycles. The Bertz CT molecular complexity index is 997. The number of nitrogens with zero attached hydrogens (tertiary/aromatic N) is 4. The highest BCUT2D eigenvalue weighted by molar-refractivity contribution is 5.91. The van der Waals surface area contributed by atoms with Crippen LogP contribution in [0.1, 0.15) is 75.1 Å². The standard InChI is InChI=1S/C27H40N6O/c1-18(2)21-9-6-8-12-24(21)33(26(28)34)17-19-13-15-20(16-14-19)29-27-30-23-11-7-5-10-22(23)25(31-27)32(3)4/h6,8-9,12,18-20H,5,7,10-11,13-17H2,1-4H3,(H2,28,34)(H,29,30,31)/t19-,20+. The van der Waals surface area contributed by atoms with Crippen LogP contribution in [-0.2, 0) is 12.8 Å². The summed E-state index contributed by atoms with van der Waals surface area (Å²) < 4.78 is 0. The van der Waals surface area contributed by atoms with Gasteiger partial charge in [0.1, 0.15) is 5.82 Å². The third-order valence-corrected chi connectivity index (χ3v) is 7.32. The van der Waals surface area contributed by atoms with Gasteiger partial charge in [0.05, 0.1) is 5.69 Å². The van der Waals surface area contributed by atoms with E-state index in [9.17, 15) is 4.79 Å². The van der Waals surface area contributed by atoms with E-state index in [1.54, 1.807) is 4.90 Å². The maximum absolute atomic E-state index is 12.4. The number of aromatic nitrogens is 2. The van der Waals surface area contributed by atoms with Gasteiger partial charge >= 0.3 is 6.03 Å². The molecule has 2 aromatic rings. The molecule has 184 valence electrons. The van der Waals surface area contributed by atoms with E-state index in [1.807, 2.05) is 18.2 Å². The van der Waals surface area contributed by atoms with Crippen LogP contribution in [0.2, 0.25) is 0 Å². The molecule has 0 aliphatic heterocycles. The van der Waals surface area contributed by atoms with E-state index in [1.165, 1.54) is 24.1 Å². The quantitative estimate of drug-likeness (QED) is 0.595. The van der Waals surface area contributed by atoms with Crippen molar-refractivity contribution in [3.8, 4) is 0 Å². The number of benzene rings is 1. The van der Waals surface area contributed by atoms with Crippen molar-refractivity contribution in [1.82, 2.24) is 9.97 Å². The first-order valence-corrected chi connectivity index (χ1v) is 12.8. The molecule has 2 aliphatic carbocycles. The highest BCUT2D eigenvalue weighted by atomic mass is 16.2. The fraction of sp³-hybridized carbons (Fsp3) is 0.593. The summed E-state index contributed by atoms with van der Waals surface area (Å²) in [5.41, 5.74) is 10.5. The maximum atomic E-state index is 12.4. The summed E-state index contributed by atoms with van der Waals surface area (Å²) in [7, 11) is 4.13. The molecule has 4 rings (SSSR count). The van der Waals surface area contributed by atoms with Crippen molar-refractivity contribution in [3.63, 3.8) is 0 Å². The smallest absolute Gasteiger partial charge is 0.319 e. The second-order valence-corrected chi connectivity index (χ2v) is 10.4. The van der Waals surface area contributed by atoms with Crippen LogP contribution >= 0.6 is 0 Å². The van der Waals surface area contributed by atoms with Gasteiger partial charge in [-0.1, -0.05) is 32.0 Å². The number of carbonyl (C=O) groups excluding carboxylic acids is 1. The summed E-state index contributed by atoms with van der Waals surface area (Å²) in [6.07, 6.45) is 8.73. The lowest BCUT2D eigenvalue weighted by Gasteiger charge is -2.33. The van der Waals surface area contributed by atoms with Crippen LogP contribution in [0.15, 0.2) is 24.3 Å². The van der Waals surface area contributed by atoms with Gasteiger partial charge < -0.3 is 16.0 Å². The highest BCUT2D eigenvalue weighted by Crippen LogP contribution is 2.33. The van der Waals surface area contributed by atoms with Gasteiger partial charge in [0.15, 0.2) is 0 Å². The molecule has 34 heavy (non-hydrogen) atoms. The van der Waals surface area contributed by atoms with Crippen molar-refractivity contribution in [2.24, 2.45) is 11.7 Å². The summed E-state index contributed by atoms with van der Waals surface area (Å²) in [5, 5.41) is 3.62. The van der Waals surface area contributed by atoms with Crippen molar-refractivity contribution in [1.29, 1.82) is 0 Å². The van der Waals surface area contributed by atoms with Gasteiger partial charge in [-0.25, -0.2) is 9.78 Å². The Morgan fingerprint density at radius 2 is 1.79 bits per heavy atom. The van der Waals surface area contributed by atoms with Crippen LogP contribution in [0.25, 0.3) is 0 Å². The number of urea groups is 1. The van der Waals surface area contributed by atoms with Crippen molar-refractivity contribution in [2.75, 3.05) is 35.8 Å². The Labute approximate surface area is 204 Å². The molecule has 7 nitrogen and oxygen atoms in total. The predicted molar refractivity (Wildman–Crippen MR) is 140 cm³/mol. The van der Waals surface area contributed by atoms with Gasteiger partial charge in [-0.2, -0.15) is 4.98 Å². The number of fused-ring (bicyclic) bond motifs is 1. The predicted octanol–water partition coefficient (Wildman–Crippen LogP) is 5.10. The molecule has 1 aromatic heterocycles. The zero-order valence-electron chi connectivity index (χ0n) is 21.2.